The van der Waals surface area contributed by atoms with E-state index in [4.69, 9.17) is 5.73 Å². The van der Waals surface area contributed by atoms with E-state index in [1.807, 2.05) is 42.9 Å². The summed E-state index contributed by atoms with van der Waals surface area (Å²) in [5.74, 6) is 1.87. The molecular weight excluding hydrogens is 320 g/mol. The van der Waals surface area contributed by atoms with Crippen LogP contribution < -0.4 is 16.0 Å². The fraction of sp³-hybridized carbons (Fsp3) is 0.375. The first-order chi connectivity index (χ1) is 11.9. The van der Waals surface area contributed by atoms with Gasteiger partial charge in [-0.25, -0.2) is 4.98 Å². The molecule has 0 bridgehead atoms. The van der Waals surface area contributed by atoms with Crippen LogP contribution in [0.15, 0.2) is 24.3 Å². The van der Waals surface area contributed by atoms with Gasteiger partial charge in [0.25, 0.3) is 0 Å². The summed E-state index contributed by atoms with van der Waals surface area (Å²) >= 11 is 0. The van der Waals surface area contributed by atoms with E-state index < -0.39 is 6.10 Å². The summed E-state index contributed by atoms with van der Waals surface area (Å²) < 4.78 is 1.96. The molecule has 0 aliphatic rings. The molecule has 0 aliphatic heterocycles. The minimum atomic E-state index is -0.485. The molecule has 2 heterocycles. The van der Waals surface area contributed by atoms with Crippen LogP contribution >= 0.6 is 0 Å². The van der Waals surface area contributed by atoms with E-state index in [2.05, 4.69) is 25.3 Å². The number of nitrogens with zero attached hydrogens (tertiary/aromatic N) is 6. The van der Waals surface area contributed by atoms with Crippen molar-refractivity contribution >= 4 is 28.9 Å². The number of hydrogen-bond acceptors (Lipinski definition) is 8. The number of nitrogens with two attached hydrogens (primary N) is 1. The number of nitrogens with one attached hydrogen (secondary N) is 1. The molecule has 0 saturated heterocycles. The number of fused-ring (bicyclic) bond motifs is 1. The van der Waals surface area contributed by atoms with Crippen LogP contribution in [-0.2, 0) is 6.54 Å². The van der Waals surface area contributed by atoms with E-state index >= 15 is 0 Å². The average Bonchev–Trinajstić information content (AvgIpc) is 2.90. The van der Waals surface area contributed by atoms with Gasteiger partial charge in [-0.2, -0.15) is 15.0 Å². The molecule has 3 aromatic rings. The van der Waals surface area contributed by atoms with Crippen LogP contribution in [0.25, 0.3) is 11.0 Å². The van der Waals surface area contributed by atoms with E-state index in [0.29, 0.717) is 30.8 Å². The van der Waals surface area contributed by atoms with Gasteiger partial charge in [-0.1, -0.05) is 12.1 Å². The maximum Gasteiger partial charge on any atom is 0.229 e. The third-order valence-corrected chi connectivity index (χ3v) is 3.60. The SMILES string of the molecule is CC(O)CNc1nc2ccccc2n1Cc1nc(N)nc(N(C)C)n1. The molecule has 0 saturated carbocycles. The number of aliphatic hydroxyl groups excluding tert-OH is 1. The molecule has 0 aliphatic carbocycles. The number of rotatable bonds is 6. The first-order valence-electron chi connectivity index (χ1n) is 7.99. The Labute approximate surface area is 145 Å². The summed E-state index contributed by atoms with van der Waals surface area (Å²) in [7, 11) is 3.70. The van der Waals surface area contributed by atoms with Crippen LogP contribution in [0.1, 0.15) is 12.7 Å². The first kappa shape index (κ1) is 16.9. The Bertz CT molecular complexity index is 874. The number of anilines is 3. The molecule has 0 fully saturated rings. The molecule has 0 radical (unpaired) electrons. The number of imidazole rings is 1. The molecule has 4 N–H and O–H groups in total. The van der Waals surface area contributed by atoms with Crippen LogP contribution in [0, 0.1) is 0 Å². The minimum absolute atomic E-state index is 0.177. The molecule has 1 unspecified atom stereocenters. The molecule has 1 atom stereocenters. The summed E-state index contributed by atoms with van der Waals surface area (Å²) in [5, 5.41) is 12.7. The van der Waals surface area contributed by atoms with E-state index in [1.54, 1.807) is 11.8 Å². The van der Waals surface area contributed by atoms with Crippen molar-refractivity contribution in [2.45, 2.75) is 19.6 Å². The Morgan fingerprint density at radius 2 is 1.96 bits per heavy atom. The van der Waals surface area contributed by atoms with E-state index in [-0.39, 0.29) is 5.95 Å². The highest BCUT2D eigenvalue weighted by atomic mass is 16.3. The van der Waals surface area contributed by atoms with Gasteiger partial charge in [0.2, 0.25) is 17.8 Å². The monoisotopic (exact) mass is 342 g/mol. The lowest BCUT2D eigenvalue weighted by molar-refractivity contribution is 0.208. The van der Waals surface area contributed by atoms with Crippen molar-refractivity contribution in [1.29, 1.82) is 0 Å². The Morgan fingerprint density at radius 1 is 1.20 bits per heavy atom. The topological polar surface area (TPSA) is 118 Å². The second-order valence-electron chi connectivity index (χ2n) is 6.04. The standard InChI is InChI=1S/C16H22N8O/c1-10(25)8-18-15-19-11-6-4-5-7-12(11)24(15)9-13-20-14(17)22-16(21-13)23(2)3/h4-7,10,25H,8-9H2,1-3H3,(H,18,19)(H2,17,20,21,22). The van der Waals surface area contributed by atoms with Crippen LogP contribution in [0.4, 0.5) is 17.8 Å². The molecule has 0 amide bonds. The van der Waals surface area contributed by atoms with Gasteiger partial charge in [-0.3, -0.25) is 0 Å². The van der Waals surface area contributed by atoms with Crippen molar-refractivity contribution in [3.8, 4) is 0 Å². The zero-order valence-corrected chi connectivity index (χ0v) is 14.5. The average molecular weight is 342 g/mol. The van der Waals surface area contributed by atoms with Gasteiger partial charge in [-0.15, -0.1) is 0 Å². The molecular formula is C16H22N8O. The number of para-hydroxylation sites is 2. The smallest absolute Gasteiger partial charge is 0.229 e. The molecule has 9 nitrogen and oxygen atoms in total. The lowest BCUT2D eigenvalue weighted by Crippen LogP contribution is -2.20. The van der Waals surface area contributed by atoms with Gasteiger partial charge in [0, 0.05) is 20.6 Å². The number of aromatic nitrogens is 5. The van der Waals surface area contributed by atoms with Crippen LogP contribution in [0.5, 0.6) is 0 Å². The zero-order valence-electron chi connectivity index (χ0n) is 14.5. The summed E-state index contributed by atoms with van der Waals surface area (Å²) in [5.41, 5.74) is 7.61. The molecule has 1 aromatic carbocycles. The molecule has 0 spiro atoms. The van der Waals surface area contributed by atoms with Crippen molar-refractivity contribution in [1.82, 2.24) is 24.5 Å². The van der Waals surface area contributed by atoms with Crippen LogP contribution in [0.3, 0.4) is 0 Å². The van der Waals surface area contributed by atoms with Gasteiger partial charge in [0.15, 0.2) is 5.82 Å². The van der Waals surface area contributed by atoms with Gasteiger partial charge in [0.05, 0.1) is 23.7 Å². The highest BCUT2D eigenvalue weighted by Gasteiger charge is 2.14. The number of hydrogen-bond donors (Lipinski definition) is 3. The number of nitrogen functional groups attached to an aromatic ring is 1. The zero-order chi connectivity index (χ0) is 18.0. The summed E-state index contributed by atoms with van der Waals surface area (Å²) in [6.07, 6.45) is -0.485. The third-order valence-electron chi connectivity index (χ3n) is 3.60. The van der Waals surface area contributed by atoms with Crippen LogP contribution in [0.2, 0.25) is 0 Å². The lowest BCUT2D eigenvalue weighted by Gasteiger charge is -2.14. The van der Waals surface area contributed by atoms with E-state index in [1.165, 1.54) is 0 Å². The molecule has 9 heteroatoms. The second kappa shape index (κ2) is 6.89. The maximum absolute atomic E-state index is 9.55. The lowest BCUT2D eigenvalue weighted by atomic mass is 10.3. The summed E-state index contributed by atoms with van der Waals surface area (Å²) in [4.78, 5) is 19.2. The van der Waals surface area contributed by atoms with E-state index in [9.17, 15) is 5.11 Å². The Balaban J connectivity index is 2.01. The van der Waals surface area contributed by atoms with Gasteiger partial charge < -0.3 is 25.6 Å². The minimum Gasteiger partial charge on any atom is -0.392 e. The van der Waals surface area contributed by atoms with Crippen LogP contribution in [-0.4, -0.2) is 56.4 Å². The predicted molar refractivity (Wildman–Crippen MR) is 97.6 cm³/mol. The highest BCUT2D eigenvalue weighted by Crippen LogP contribution is 2.21. The largest absolute Gasteiger partial charge is 0.392 e. The van der Waals surface area contributed by atoms with Crippen molar-refractivity contribution < 1.29 is 5.11 Å². The predicted octanol–water partition coefficient (Wildman–Crippen LogP) is 0.710. The van der Waals surface area contributed by atoms with Gasteiger partial charge >= 0.3 is 0 Å². The third kappa shape index (κ3) is 3.77. The van der Waals surface area contributed by atoms with Crippen molar-refractivity contribution in [3.05, 3.63) is 30.1 Å². The van der Waals surface area contributed by atoms with Gasteiger partial charge in [-0.05, 0) is 19.1 Å². The Morgan fingerprint density at radius 3 is 2.68 bits per heavy atom. The molecule has 2 aromatic heterocycles. The van der Waals surface area contributed by atoms with E-state index in [0.717, 1.165) is 11.0 Å². The van der Waals surface area contributed by atoms with Crippen molar-refractivity contribution in [3.63, 3.8) is 0 Å². The highest BCUT2D eigenvalue weighted by molar-refractivity contribution is 5.78. The normalized spacial score (nSPS) is 12.3. The first-order valence-corrected chi connectivity index (χ1v) is 7.99. The second-order valence-corrected chi connectivity index (χ2v) is 6.04. The quantitative estimate of drug-likeness (QED) is 0.599. The molecule has 25 heavy (non-hydrogen) atoms. The Kier molecular flexibility index (Phi) is 4.66. The van der Waals surface area contributed by atoms with Crippen molar-refractivity contribution in [2.24, 2.45) is 0 Å². The van der Waals surface area contributed by atoms with Gasteiger partial charge in [0.1, 0.15) is 0 Å². The fourth-order valence-electron chi connectivity index (χ4n) is 2.45. The summed E-state index contributed by atoms with van der Waals surface area (Å²) in [6.45, 7) is 2.50. The molecule has 132 valence electrons. The number of benzene rings is 1. The fourth-order valence-corrected chi connectivity index (χ4v) is 2.45. The Hall–Kier alpha value is -2.94. The van der Waals surface area contributed by atoms with Crippen molar-refractivity contribution in [2.75, 3.05) is 36.6 Å². The molecule has 3 rings (SSSR count). The number of aliphatic hydroxyl groups is 1. The summed E-state index contributed by atoms with van der Waals surface area (Å²) in [6, 6.07) is 7.80. The maximum atomic E-state index is 9.55.